The summed E-state index contributed by atoms with van der Waals surface area (Å²) in [6.07, 6.45) is 2.63. The summed E-state index contributed by atoms with van der Waals surface area (Å²) in [5.74, 6) is -0.508. The van der Waals surface area contributed by atoms with Crippen LogP contribution in [0.15, 0.2) is 0 Å². The van der Waals surface area contributed by atoms with Crippen LogP contribution in [0.3, 0.4) is 0 Å². The first kappa shape index (κ1) is 9.03. The van der Waals surface area contributed by atoms with Crippen molar-refractivity contribution in [1.82, 2.24) is 5.32 Å². The van der Waals surface area contributed by atoms with Crippen LogP contribution in [0, 0.1) is 5.92 Å². The van der Waals surface area contributed by atoms with Crippen molar-refractivity contribution in [3.63, 3.8) is 0 Å². The highest BCUT2D eigenvalue weighted by Crippen LogP contribution is 2.28. The molecule has 12 heavy (non-hydrogen) atoms. The smallest absolute Gasteiger partial charge is 0.303 e. The number of nitrogens with one attached hydrogen (secondary N) is 1. The third-order valence-electron chi connectivity index (χ3n) is 1.81. The van der Waals surface area contributed by atoms with Gasteiger partial charge in [0.05, 0.1) is 0 Å². The lowest BCUT2D eigenvalue weighted by Gasteiger charge is -2.01. The fourth-order valence-electron chi connectivity index (χ4n) is 0.941. The predicted octanol–water partition coefficient (Wildman–Crippen LogP) is 0.377. The van der Waals surface area contributed by atoms with E-state index < -0.39 is 5.97 Å². The fourth-order valence-corrected chi connectivity index (χ4v) is 0.941. The molecule has 2 N–H and O–H groups in total. The van der Waals surface area contributed by atoms with Crippen molar-refractivity contribution >= 4 is 11.9 Å². The molecule has 0 bridgehead atoms. The molecule has 0 aliphatic heterocycles. The van der Waals surface area contributed by atoms with Crippen molar-refractivity contribution < 1.29 is 14.7 Å². The lowest BCUT2D eigenvalue weighted by Crippen LogP contribution is -2.26. The maximum Gasteiger partial charge on any atom is 0.303 e. The van der Waals surface area contributed by atoms with Crippen LogP contribution in [0.1, 0.15) is 25.7 Å². The summed E-state index contributed by atoms with van der Waals surface area (Å²) < 4.78 is 0. The summed E-state index contributed by atoms with van der Waals surface area (Å²) in [5.41, 5.74) is 0. The summed E-state index contributed by atoms with van der Waals surface area (Å²) in [7, 11) is 0. The summed E-state index contributed by atoms with van der Waals surface area (Å²) in [4.78, 5) is 21.1. The van der Waals surface area contributed by atoms with Gasteiger partial charge in [-0.05, 0) is 19.3 Å². The lowest BCUT2D eigenvalue weighted by molar-refractivity contribution is -0.137. The van der Waals surface area contributed by atoms with Gasteiger partial charge in [-0.15, -0.1) is 0 Å². The number of rotatable bonds is 5. The molecule has 0 unspecified atom stereocenters. The first-order valence-electron chi connectivity index (χ1n) is 4.19. The highest BCUT2D eigenvalue weighted by Gasteiger charge is 2.28. The molecule has 0 aromatic rings. The monoisotopic (exact) mass is 171 g/mol. The minimum absolute atomic E-state index is 0.0837. The number of carboxylic acid groups (broad SMARTS) is 1. The Morgan fingerprint density at radius 1 is 1.42 bits per heavy atom. The van der Waals surface area contributed by atoms with Gasteiger partial charge in [0.2, 0.25) is 5.91 Å². The molecule has 4 nitrogen and oxygen atoms in total. The minimum Gasteiger partial charge on any atom is -0.481 e. The van der Waals surface area contributed by atoms with Gasteiger partial charge < -0.3 is 10.4 Å². The van der Waals surface area contributed by atoms with E-state index in [9.17, 15) is 9.59 Å². The molecule has 0 aromatic carbocycles. The van der Waals surface area contributed by atoms with E-state index in [1.165, 1.54) is 0 Å². The number of carbonyl (C=O) groups is 2. The van der Waals surface area contributed by atoms with Crippen LogP contribution in [0.2, 0.25) is 0 Å². The van der Waals surface area contributed by atoms with E-state index in [0.717, 1.165) is 12.8 Å². The predicted molar refractivity (Wildman–Crippen MR) is 42.6 cm³/mol. The normalized spacial score (nSPS) is 15.7. The highest BCUT2D eigenvalue weighted by atomic mass is 16.4. The first-order valence-corrected chi connectivity index (χ1v) is 4.19. The zero-order valence-electron chi connectivity index (χ0n) is 6.88. The Morgan fingerprint density at radius 3 is 2.58 bits per heavy atom. The van der Waals surface area contributed by atoms with Gasteiger partial charge in [0, 0.05) is 18.9 Å². The molecule has 1 saturated carbocycles. The number of carboxylic acids is 1. The maximum absolute atomic E-state index is 11.0. The van der Waals surface area contributed by atoms with Crippen LogP contribution in [0.25, 0.3) is 0 Å². The van der Waals surface area contributed by atoms with Crippen molar-refractivity contribution in [3.8, 4) is 0 Å². The Balaban J connectivity index is 1.94. The van der Waals surface area contributed by atoms with Crippen LogP contribution in [-0.4, -0.2) is 23.5 Å². The van der Waals surface area contributed by atoms with Gasteiger partial charge in [0.15, 0.2) is 0 Å². The quantitative estimate of drug-likeness (QED) is 0.587. The Kier molecular flexibility index (Phi) is 3.08. The van der Waals surface area contributed by atoms with Gasteiger partial charge in [-0.25, -0.2) is 0 Å². The zero-order chi connectivity index (χ0) is 8.97. The molecular formula is C8H13NO3. The molecule has 0 saturated heterocycles. The van der Waals surface area contributed by atoms with Gasteiger partial charge >= 0.3 is 5.97 Å². The van der Waals surface area contributed by atoms with Crippen LogP contribution in [-0.2, 0) is 9.59 Å². The average molecular weight is 171 g/mol. The van der Waals surface area contributed by atoms with Crippen molar-refractivity contribution in [2.45, 2.75) is 25.7 Å². The van der Waals surface area contributed by atoms with E-state index in [4.69, 9.17) is 5.11 Å². The van der Waals surface area contributed by atoms with Crippen molar-refractivity contribution in [2.24, 2.45) is 5.92 Å². The number of hydrogen-bond acceptors (Lipinski definition) is 2. The molecule has 1 rings (SSSR count). The number of hydrogen-bond donors (Lipinski definition) is 2. The van der Waals surface area contributed by atoms with Crippen LogP contribution < -0.4 is 5.32 Å². The second-order valence-electron chi connectivity index (χ2n) is 3.06. The van der Waals surface area contributed by atoms with Crippen molar-refractivity contribution in [1.29, 1.82) is 0 Å². The third-order valence-corrected chi connectivity index (χ3v) is 1.81. The average Bonchev–Trinajstić information content (AvgIpc) is 2.79. The topological polar surface area (TPSA) is 66.4 Å². The third kappa shape index (κ3) is 3.37. The zero-order valence-corrected chi connectivity index (χ0v) is 6.88. The maximum atomic E-state index is 11.0. The minimum atomic E-state index is -0.810. The fraction of sp³-hybridized carbons (Fsp3) is 0.750. The number of amides is 1. The van der Waals surface area contributed by atoms with E-state index >= 15 is 0 Å². The second kappa shape index (κ2) is 4.09. The van der Waals surface area contributed by atoms with Gasteiger partial charge in [0.25, 0.3) is 0 Å². The van der Waals surface area contributed by atoms with Crippen LogP contribution >= 0.6 is 0 Å². The largest absolute Gasteiger partial charge is 0.481 e. The van der Waals surface area contributed by atoms with Crippen molar-refractivity contribution in [3.05, 3.63) is 0 Å². The van der Waals surface area contributed by atoms with E-state index in [0.29, 0.717) is 13.0 Å². The Hall–Kier alpha value is -1.06. The molecule has 0 heterocycles. The van der Waals surface area contributed by atoms with Gasteiger partial charge in [0.1, 0.15) is 0 Å². The lowest BCUT2D eigenvalue weighted by atomic mass is 10.3. The SMILES string of the molecule is O=C(O)CCCNC(=O)C1CC1. The van der Waals surface area contributed by atoms with Gasteiger partial charge in [-0.1, -0.05) is 0 Å². The van der Waals surface area contributed by atoms with E-state index in [1.54, 1.807) is 0 Å². The molecule has 4 heteroatoms. The number of aliphatic carboxylic acids is 1. The van der Waals surface area contributed by atoms with E-state index in [-0.39, 0.29) is 18.2 Å². The highest BCUT2D eigenvalue weighted by molar-refractivity contribution is 5.80. The summed E-state index contributed by atoms with van der Waals surface area (Å²) in [6.45, 7) is 0.488. The van der Waals surface area contributed by atoms with E-state index in [1.807, 2.05) is 0 Å². The molecular weight excluding hydrogens is 158 g/mol. The molecule has 1 fully saturated rings. The molecule has 0 radical (unpaired) electrons. The Labute approximate surface area is 71.0 Å². The summed E-state index contributed by atoms with van der Waals surface area (Å²) in [5, 5.41) is 11.0. The number of carbonyl (C=O) groups excluding carboxylic acids is 1. The standard InChI is InChI=1S/C8H13NO3/c10-7(11)2-1-5-9-8(12)6-3-4-6/h6H,1-5H2,(H,9,12)(H,10,11). The molecule has 68 valence electrons. The molecule has 0 aromatic heterocycles. The summed E-state index contributed by atoms with van der Waals surface area (Å²) in [6, 6.07) is 0. The van der Waals surface area contributed by atoms with Crippen molar-refractivity contribution in [2.75, 3.05) is 6.54 Å². The molecule has 0 spiro atoms. The molecule has 0 atom stereocenters. The molecule has 1 aliphatic rings. The first-order chi connectivity index (χ1) is 5.70. The molecule has 1 aliphatic carbocycles. The molecule has 1 amide bonds. The Bertz CT molecular complexity index is 187. The van der Waals surface area contributed by atoms with Gasteiger partial charge in [-0.3, -0.25) is 9.59 Å². The summed E-state index contributed by atoms with van der Waals surface area (Å²) >= 11 is 0. The second-order valence-corrected chi connectivity index (χ2v) is 3.06. The van der Waals surface area contributed by atoms with Crippen LogP contribution in [0.5, 0.6) is 0 Å². The van der Waals surface area contributed by atoms with E-state index in [2.05, 4.69) is 5.32 Å². The van der Waals surface area contributed by atoms with Crippen LogP contribution in [0.4, 0.5) is 0 Å². The van der Waals surface area contributed by atoms with Gasteiger partial charge in [-0.2, -0.15) is 0 Å². The Morgan fingerprint density at radius 2 is 2.08 bits per heavy atom.